The summed E-state index contributed by atoms with van der Waals surface area (Å²) >= 11 is 1.30. The van der Waals surface area contributed by atoms with Gasteiger partial charge < -0.3 is 91.4 Å². The Morgan fingerprint density at radius 3 is 1.88 bits per heavy atom. The van der Waals surface area contributed by atoms with Crippen molar-refractivity contribution in [1.82, 2.24) is 52.8 Å². The molecule has 1 fully saturated rings. The lowest BCUT2D eigenvalue weighted by Crippen LogP contribution is -2.70. The molecule has 35 heteroatoms. The van der Waals surface area contributed by atoms with Crippen molar-refractivity contribution < 1.29 is 98.7 Å². The number of thioether (sulfide) groups is 1. The third-order valence-corrected chi connectivity index (χ3v) is 14.2. The van der Waals surface area contributed by atoms with Crippen LogP contribution in [0.2, 0.25) is 0 Å². The Balaban J connectivity index is 2.33. The average molecular weight is 1240 g/mol. The number of hydrogen-bond acceptors (Lipinski definition) is 21. The normalized spacial score (nSPS) is 16.5. The van der Waals surface area contributed by atoms with Gasteiger partial charge in [0.2, 0.25) is 53.2 Å². The van der Waals surface area contributed by atoms with Crippen molar-refractivity contribution >= 4 is 85.0 Å². The predicted octanol–water partition coefficient (Wildman–Crippen LogP) is -8.55. The van der Waals surface area contributed by atoms with Gasteiger partial charge in [-0.05, 0) is 94.0 Å². The van der Waals surface area contributed by atoms with Crippen LogP contribution in [-0.4, -0.2) is 212 Å². The van der Waals surface area contributed by atoms with Crippen LogP contribution < -0.4 is 76.5 Å². The number of carboxylic acids is 1. The summed E-state index contributed by atoms with van der Waals surface area (Å²) in [6.07, 6.45) is 0.166. The van der Waals surface area contributed by atoms with E-state index < -0.39 is 165 Å². The van der Waals surface area contributed by atoms with Gasteiger partial charge in [-0.25, -0.2) is 4.79 Å². The topological polar surface area (TPSA) is 563 Å². The Morgan fingerprint density at radius 1 is 0.738 bits per heavy atom. The smallest absolute Gasteiger partial charge is 0.508 e. The van der Waals surface area contributed by atoms with E-state index in [0.29, 0.717) is 37.9 Å². The number of aromatic hydroxyl groups is 1. The molecule has 0 spiro atoms. The molecule has 474 valence electrons. The van der Waals surface area contributed by atoms with Crippen LogP contribution >= 0.6 is 19.9 Å². The minimum atomic E-state index is -5.10. The van der Waals surface area contributed by atoms with Gasteiger partial charge in [-0.2, -0.15) is 31.0 Å². The molecule has 10 amide bonds. The molecule has 1 aliphatic heterocycles. The number of rotatable bonds is 39. The first-order valence-corrected chi connectivity index (χ1v) is 30.1. The lowest BCUT2D eigenvalue weighted by molar-refractivity contribution is -0.405. The second-order valence-electron chi connectivity index (χ2n) is 20.4. The lowest BCUT2D eigenvalue weighted by Gasteiger charge is -2.28. The van der Waals surface area contributed by atoms with E-state index in [9.17, 15) is 82.7 Å². The van der Waals surface area contributed by atoms with Crippen LogP contribution in [0.4, 0.5) is 0 Å². The summed E-state index contributed by atoms with van der Waals surface area (Å²) in [5.74, 6) is -11.4. The molecule has 10 atom stereocenters. The van der Waals surface area contributed by atoms with Gasteiger partial charge in [0.25, 0.3) is 5.91 Å². The molecule has 0 bridgehead atoms. The summed E-state index contributed by atoms with van der Waals surface area (Å²) in [5.41, 5.74) is 24.3. The number of unbranched alkanes of at least 4 members (excludes halogenated alkanes) is 1. The van der Waals surface area contributed by atoms with Crippen LogP contribution in [0.5, 0.6) is 5.75 Å². The van der Waals surface area contributed by atoms with Crippen LogP contribution in [0.3, 0.4) is 0 Å². The number of nitrogens with one attached hydrogen (secondary N) is 9. The van der Waals surface area contributed by atoms with E-state index in [1.807, 2.05) is 0 Å². The van der Waals surface area contributed by atoms with Gasteiger partial charge in [0, 0.05) is 19.4 Å². The van der Waals surface area contributed by atoms with Crippen molar-refractivity contribution in [3.05, 3.63) is 29.8 Å². The van der Waals surface area contributed by atoms with Crippen molar-refractivity contribution in [3.63, 3.8) is 0 Å². The van der Waals surface area contributed by atoms with Gasteiger partial charge in [0.1, 0.15) is 67.0 Å². The highest BCUT2D eigenvalue weighted by Crippen LogP contribution is 2.45. The average Bonchev–Trinajstić information content (AvgIpc) is 4.06. The molecule has 1 saturated heterocycles. The molecule has 33 nitrogen and oxygen atoms in total. The molecule has 1 heterocycles. The fraction of sp³-hybridized carbons (Fsp3) is 0.653. The quantitative estimate of drug-likeness (QED) is 0.0165. The van der Waals surface area contributed by atoms with E-state index in [-0.39, 0.29) is 56.6 Å². The molecule has 1 aliphatic rings. The van der Waals surface area contributed by atoms with Gasteiger partial charge in [0.15, 0.2) is 6.04 Å². The fourth-order valence-corrected chi connectivity index (χ4v) is 9.23. The zero-order valence-corrected chi connectivity index (χ0v) is 49.3. The number of carbonyl (C=O) groups is 11. The molecular formula is C49H87N15O18PS+3. The third-order valence-electron chi connectivity index (χ3n) is 13.0. The number of carboxylic acid groups (broad SMARTS) is 1. The number of aliphatic hydroxyl groups excluding tert-OH is 1. The first-order valence-electron chi connectivity index (χ1n) is 27.1. The maximum Gasteiger partial charge on any atom is 0.567 e. The molecule has 1 aromatic rings. The number of nitrogens with two attached hydrogens (primary N) is 3. The van der Waals surface area contributed by atoms with Crippen molar-refractivity contribution in [2.75, 3.05) is 44.8 Å². The van der Waals surface area contributed by atoms with Gasteiger partial charge >= 0.3 is 14.1 Å². The number of nitrogens with zero attached hydrogens (tertiary/aromatic N) is 1. The number of phenols is 1. The van der Waals surface area contributed by atoms with Crippen LogP contribution in [0, 0.1) is 5.92 Å². The second kappa shape index (κ2) is 37.1. The fourth-order valence-electron chi connectivity index (χ4n) is 8.41. The number of likely N-dealkylation sites (tertiary alicyclic amines) is 1. The highest BCUT2D eigenvalue weighted by Gasteiger charge is 2.41. The van der Waals surface area contributed by atoms with E-state index in [0.717, 1.165) is 4.90 Å². The monoisotopic (exact) mass is 1240 g/mol. The van der Waals surface area contributed by atoms with E-state index >= 15 is 0 Å². The summed E-state index contributed by atoms with van der Waals surface area (Å²) < 4.78 is 4.68. The Morgan fingerprint density at radius 2 is 1.31 bits per heavy atom. The highest BCUT2D eigenvalue weighted by molar-refractivity contribution is 7.98. The lowest BCUT2D eigenvalue weighted by atomic mass is 10.0. The molecule has 0 saturated carbocycles. The van der Waals surface area contributed by atoms with Crippen molar-refractivity contribution in [2.45, 2.75) is 152 Å². The second-order valence-corrected chi connectivity index (χ2v) is 22.6. The number of amides is 10. The third kappa shape index (κ3) is 27.1. The predicted molar refractivity (Wildman–Crippen MR) is 301 cm³/mol. The minimum absolute atomic E-state index is 0.0254. The van der Waals surface area contributed by atoms with E-state index in [2.05, 4.69) is 63.8 Å². The number of hydrogen-bond donors (Lipinski definition) is 20. The number of benzene rings is 1. The SMILES string of the molecule is CSCC[C@H](NC(=O)[C@@H]1CCCN1C(=O)CNC(=O)[C@H](CO[P+](O)(O)O)NC(=O)[C@H](Cc1ccc(O)cc1)NC(=O)[C@@H](NC(=O)[C@@H]([NH3+])CCCNC(N)N)[C@@H](C)O)C(=O)N[C@@H](CC(N)=O)C(=O)N[C@@H](CCCC[NH3+])C(=O)N[C@H](C(=O)O)C(C)C. The Bertz CT molecular complexity index is 2370. The molecular weight excluding hydrogens is 1150 g/mol. The maximum absolute atomic E-state index is 14.1. The van der Waals surface area contributed by atoms with Crippen LogP contribution in [-0.2, 0) is 63.7 Å². The molecule has 2 rings (SSSR count). The number of primary amides is 1. The maximum atomic E-state index is 14.1. The van der Waals surface area contributed by atoms with Crippen molar-refractivity contribution in [3.8, 4) is 5.75 Å². The molecule has 84 heavy (non-hydrogen) atoms. The van der Waals surface area contributed by atoms with Gasteiger partial charge in [0.05, 0.1) is 25.6 Å². The Labute approximate surface area is 490 Å². The highest BCUT2D eigenvalue weighted by atomic mass is 32.2. The molecule has 0 aliphatic carbocycles. The van der Waals surface area contributed by atoms with Gasteiger partial charge in [-0.3, -0.25) is 53.3 Å². The summed E-state index contributed by atoms with van der Waals surface area (Å²) in [7, 11) is -5.10. The molecule has 27 N–H and O–H groups in total. The Kier molecular flexibility index (Phi) is 32.5. The van der Waals surface area contributed by atoms with Crippen LogP contribution in [0.15, 0.2) is 24.3 Å². The Hall–Kier alpha value is -6.43. The number of carbonyl (C=O) groups excluding carboxylic acids is 10. The summed E-state index contributed by atoms with van der Waals surface area (Å²) in [4.78, 5) is 178. The van der Waals surface area contributed by atoms with Crippen LogP contribution in [0.25, 0.3) is 0 Å². The van der Waals surface area contributed by atoms with Crippen LogP contribution in [0.1, 0.15) is 84.1 Å². The zero-order chi connectivity index (χ0) is 63.4. The largest absolute Gasteiger partial charge is 0.567 e. The zero-order valence-electron chi connectivity index (χ0n) is 47.6. The van der Waals surface area contributed by atoms with Crippen molar-refractivity contribution in [2.24, 2.45) is 23.1 Å². The summed E-state index contributed by atoms with van der Waals surface area (Å²) in [5, 5.41) is 52.2. The van der Waals surface area contributed by atoms with E-state index in [4.69, 9.17) is 17.2 Å². The van der Waals surface area contributed by atoms with Crippen molar-refractivity contribution in [1.29, 1.82) is 0 Å². The van der Waals surface area contributed by atoms with E-state index in [1.165, 1.54) is 43.0 Å². The number of aliphatic hydroxyl groups is 1. The first-order chi connectivity index (χ1) is 39.4. The summed E-state index contributed by atoms with van der Waals surface area (Å²) in [6.45, 7) is 3.15. The molecule has 0 unspecified atom stereocenters. The molecule has 1 aromatic carbocycles. The molecule has 0 aromatic heterocycles. The minimum Gasteiger partial charge on any atom is -0.508 e. The van der Waals surface area contributed by atoms with Gasteiger partial charge in [-0.1, -0.05) is 26.0 Å². The van der Waals surface area contributed by atoms with E-state index in [1.54, 1.807) is 20.1 Å². The number of phenolic OH excluding ortho intramolecular Hbond substituents is 1. The number of quaternary nitrogens is 2. The first kappa shape index (κ1) is 73.7. The number of aliphatic carboxylic acids is 1. The van der Waals surface area contributed by atoms with Gasteiger partial charge in [-0.15, -0.1) is 0 Å². The standard InChI is InChI=1S/C49H84N15O18PS/c1-25(2)38(48(77)78)62-43(72)30(10-5-6-17-50)57-45(74)33(22-36(52)67)59-42(71)31(16-20-84-4)58-46(75)35-11-8-19-64(35)37(68)23-56-41(70)34(24-82-83(79,80)81)61-44(73)32(21-27-12-14-28(66)15-13-27)60-47(76)39(26(3)65)63-40(69)29(51)9-7-18-55-49(53)54/h12-15,25-26,29-35,38-39,49,55,65,79-81H,5-11,16-24,50-51,53-54H2,1-4H3,(H11-,52,56,57,58,59,60,61,62,63,66,67,69,70,71,72,73,74,75,76,77,78)/p+3/t26-,29+,30+,31+,32+,33+,34+,35+,38+,39+/m1/s1. The molecule has 0 radical (unpaired) electrons. The summed E-state index contributed by atoms with van der Waals surface area (Å²) in [6, 6.07) is -7.74.